The molecule has 20 heavy (non-hydrogen) atoms. The van der Waals surface area contributed by atoms with Crippen molar-refractivity contribution in [1.82, 2.24) is 4.98 Å². The summed E-state index contributed by atoms with van der Waals surface area (Å²) >= 11 is 5.93. The standard InChI is InChI=1S/C15H9ClFNO2/c1-8-11-6-9(16)2-5-13(11)20-15(8)14(19)12-4-3-10(17)7-18-12/h2-7H,1H3. The van der Waals surface area contributed by atoms with Crippen LogP contribution >= 0.6 is 11.6 Å². The third kappa shape index (κ3) is 2.08. The molecule has 2 heterocycles. The number of carbonyl (C=O) groups excluding carboxylic acids is 1. The molecule has 0 saturated carbocycles. The van der Waals surface area contributed by atoms with Crippen LogP contribution in [0.5, 0.6) is 0 Å². The van der Waals surface area contributed by atoms with Gasteiger partial charge in [0.05, 0.1) is 6.20 Å². The molecule has 3 nitrogen and oxygen atoms in total. The van der Waals surface area contributed by atoms with E-state index in [2.05, 4.69) is 4.98 Å². The van der Waals surface area contributed by atoms with Crippen molar-refractivity contribution in [3.8, 4) is 0 Å². The van der Waals surface area contributed by atoms with E-state index < -0.39 is 5.82 Å². The summed E-state index contributed by atoms with van der Waals surface area (Å²) in [7, 11) is 0. The van der Waals surface area contributed by atoms with E-state index in [1.54, 1.807) is 25.1 Å². The van der Waals surface area contributed by atoms with E-state index in [0.29, 0.717) is 16.2 Å². The van der Waals surface area contributed by atoms with Gasteiger partial charge in [0.15, 0.2) is 5.76 Å². The number of hydrogen-bond donors (Lipinski definition) is 0. The lowest BCUT2D eigenvalue weighted by atomic mass is 10.1. The van der Waals surface area contributed by atoms with Gasteiger partial charge in [-0.15, -0.1) is 0 Å². The van der Waals surface area contributed by atoms with Crippen molar-refractivity contribution in [2.75, 3.05) is 0 Å². The number of pyridine rings is 1. The van der Waals surface area contributed by atoms with Gasteiger partial charge in [0.25, 0.3) is 0 Å². The van der Waals surface area contributed by atoms with Crippen LogP contribution in [0.4, 0.5) is 4.39 Å². The van der Waals surface area contributed by atoms with Crippen molar-refractivity contribution in [3.63, 3.8) is 0 Å². The molecule has 0 bridgehead atoms. The zero-order valence-corrected chi connectivity index (χ0v) is 11.2. The molecular weight excluding hydrogens is 281 g/mol. The minimum atomic E-state index is -0.491. The number of carbonyl (C=O) groups is 1. The first-order chi connectivity index (χ1) is 9.56. The average Bonchev–Trinajstić information content (AvgIpc) is 2.76. The minimum Gasteiger partial charge on any atom is -0.452 e. The monoisotopic (exact) mass is 289 g/mol. The summed E-state index contributed by atoms with van der Waals surface area (Å²) in [5, 5.41) is 1.35. The fourth-order valence-electron chi connectivity index (χ4n) is 2.04. The van der Waals surface area contributed by atoms with Crippen molar-refractivity contribution < 1.29 is 13.6 Å². The van der Waals surface area contributed by atoms with Gasteiger partial charge in [-0.25, -0.2) is 9.37 Å². The smallest absolute Gasteiger partial charge is 0.246 e. The third-order valence-corrected chi connectivity index (χ3v) is 3.30. The van der Waals surface area contributed by atoms with E-state index >= 15 is 0 Å². The number of aryl methyl sites for hydroxylation is 1. The van der Waals surface area contributed by atoms with Gasteiger partial charge in [0.2, 0.25) is 5.78 Å². The highest BCUT2D eigenvalue weighted by Gasteiger charge is 2.20. The number of halogens is 2. The molecular formula is C15H9ClFNO2. The van der Waals surface area contributed by atoms with Crippen LogP contribution in [0.1, 0.15) is 21.8 Å². The molecule has 5 heteroatoms. The van der Waals surface area contributed by atoms with Gasteiger partial charge in [-0.2, -0.15) is 0 Å². The molecule has 0 aliphatic heterocycles. The second-order valence-electron chi connectivity index (χ2n) is 4.39. The molecule has 2 aromatic heterocycles. The first kappa shape index (κ1) is 12.8. The summed E-state index contributed by atoms with van der Waals surface area (Å²) < 4.78 is 18.4. The highest BCUT2D eigenvalue weighted by atomic mass is 35.5. The Morgan fingerprint density at radius 1 is 1.30 bits per heavy atom. The second-order valence-corrected chi connectivity index (χ2v) is 4.82. The fraction of sp³-hybridized carbons (Fsp3) is 0.0667. The Morgan fingerprint density at radius 2 is 2.10 bits per heavy atom. The minimum absolute atomic E-state index is 0.139. The Hall–Kier alpha value is -2.20. The molecule has 0 amide bonds. The Labute approximate surface area is 119 Å². The zero-order chi connectivity index (χ0) is 14.3. The van der Waals surface area contributed by atoms with Gasteiger partial charge in [-0.1, -0.05) is 11.6 Å². The van der Waals surface area contributed by atoms with E-state index in [0.717, 1.165) is 11.6 Å². The first-order valence-electron chi connectivity index (χ1n) is 5.91. The predicted octanol–water partition coefficient (Wildman–Crippen LogP) is 4.16. The molecule has 0 saturated heterocycles. The lowest BCUT2D eigenvalue weighted by Gasteiger charge is -1.97. The molecule has 1 aromatic carbocycles. The molecule has 0 aliphatic carbocycles. The van der Waals surface area contributed by atoms with Crippen LogP contribution in [-0.2, 0) is 0 Å². The maximum atomic E-state index is 12.8. The van der Waals surface area contributed by atoms with Gasteiger partial charge in [-0.3, -0.25) is 4.79 Å². The van der Waals surface area contributed by atoms with Crippen LogP contribution in [0.3, 0.4) is 0 Å². The maximum Gasteiger partial charge on any atom is 0.246 e. The molecule has 0 atom stereocenters. The number of aromatic nitrogens is 1. The topological polar surface area (TPSA) is 43.1 Å². The zero-order valence-electron chi connectivity index (χ0n) is 10.5. The molecule has 100 valence electrons. The Balaban J connectivity index is 2.12. The molecule has 3 aromatic rings. The lowest BCUT2D eigenvalue weighted by molar-refractivity contribution is 0.101. The number of fused-ring (bicyclic) bond motifs is 1. The van der Waals surface area contributed by atoms with Gasteiger partial charge >= 0.3 is 0 Å². The van der Waals surface area contributed by atoms with Gasteiger partial charge in [0.1, 0.15) is 17.1 Å². The number of nitrogens with zero attached hydrogens (tertiary/aromatic N) is 1. The Morgan fingerprint density at radius 3 is 2.80 bits per heavy atom. The van der Waals surface area contributed by atoms with Crippen LogP contribution in [0.15, 0.2) is 40.9 Å². The summed E-state index contributed by atoms with van der Waals surface area (Å²) in [4.78, 5) is 16.1. The van der Waals surface area contributed by atoms with Crippen LogP contribution in [0, 0.1) is 12.7 Å². The van der Waals surface area contributed by atoms with Crippen LogP contribution in [0.2, 0.25) is 5.02 Å². The number of hydrogen-bond acceptors (Lipinski definition) is 3. The Kier molecular flexibility index (Phi) is 3.03. The van der Waals surface area contributed by atoms with E-state index in [-0.39, 0.29) is 17.2 Å². The van der Waals surface area contributed by atoms with Crippen LogP contribution in [-0.4, -0.2) is 10.8 Å². The van der Waals surface area contributed by atoms with Crippen molar-refractivity contribution in [1.29, 1.82) is 0 Å². The van der Waals surface area contributed by atoms with Crippen LogP contribution in [0.25, 0.3) is 11.0 Å². The third-order valence-electron chi connectivity index (χ3n) is 3.06. The molecule has 0 fully saturated rings. The fourth-order valence-corrected chi connectivity index (χ4v) is 2.21. The SMILES string of the molecule is Cc1c(C(=O)c2ccc(F)cn2)oc2ccc(Cl)cc12. The van der Waals surface area contributed by atoms with Crippen molar-refractivity contribution >= 4 is 28.4 Å². The summed E-state index contributed by atoms with van der Waals surface area (Å²) in [5.74, 6) is -0.675. The highest BCUT2D eigenvalue weighted by Crippen LogP contribution is 2.29. The maximum absolute atomic E-state index is 12.8. The van der Waals surface area contributed by atoms with E-state index in [9.17, 15) is 9.18 Å². The van der Waals surface area contributed by atoms with Gasteiger partial charge in [-0.05, 0) is 37.3 Å². The average molecular weight is 290 g/mol. The van der Waals surface area contributed by atoms with Crippen LogP contribution < -0.4 is 0 Å². The molecule has 3 rings (SSSR count). The van der Waals surface area contributed by atoms with Crippen molar-refractivity contribution in [3.05, 3.63) is 64.4 Å². The number of ketones is 1. The largest absolute Gasteiger partial charge is 0.452 e. The van der Waals surface area contributed by atoms with Gasteiger partial charge < -0.3 is 4.42 Å². The Bertz CT molecular complexity index is 809. The summed E-state index contributed by atoms with van der Waals surface area (Å²) in [6, 6.07) is 7.66. The first-order valence-corrected chi connectivity index (χ1v) is 6.29. The highest BCUT2D eigenvalue weighted by molar-refractivity contribution is 6.31. The van der Waals surface area contributed by atoms with E-state index in [1.807, 2.05) is 0 Å². The lowest BCUT2D eigenvalue weighted by Crippen LogP contribution is -2.04. The van der Waals surface area contributed by atoms with Crippen molar-refractivity contribution in [2.24, 2.45) is 0 Å². The normalized spacial score (nSPS) is 10.9. The van der Waals surface area contributed by atoms with E-state index in [1.165, 1.54) is 12.1 Å². The van der Waals surface area contributed by atoms with E-state index in [4.69, 9.17) is 16.0 Å². The summed E-state index contributed by atoms with van der Waals surface area (Å²) in [5.41, 5.74) is 1.41. The molecule has 0 radical (unpaired) electrons. The molecule has 0 unspecified atom stereocenters. The molecule has 0 spiro atoms. The molecule has 0 aliphatic rings. The van der Waals surface area contributed by atoms with Gasteiger partial charge in [0, 0.05) is 16.0 Å². The quantitative estimate of drug-likeness (QED) is 0.665. The summed E-state index contributed by atoms with van der Waals surface area (Å²) in [6.45, 7) is 1.78. The summed E-state index contributed by atoms with van der Waals surface area (Å²) in [6.07, 6.45) is 1.00. The predicted molar refractivity (Wildman–Crippen MR) is 73.6 cm³/mol. The number of rotatable bonds is 2. The second kappa shape index (κ2) is 4.72. The number of furan rings is 1. The number of benzene rings is 1. The van der Waals surface area contributed by atoms with Crippen molar-refractivity contribution in [2.45, 2.75) is 6.92 Å². The molecule has 0 N–H and O–H groups in total.